The number of methoxy groups -OCH3 is 1. The van der Waals surface area contributed by atoms with Gasteiger partial charge >= 0.3 is 5.97 Å². The summed E-state index contributed by atoms with van der Waals surface area (Å²) in [5.41, 5.74) is 0.335. The molecule has 0 aliphatic carbocycles. The van der Waals surface area contributed by atoms with E-state index in [2.05, 4.69) is 25.7 Å². The van der Waals surface area contributed by atoms with Crippen LogP contribution in [0.25, 0.3) is 0 Å². The van der Waals surface area contributed by atoms with Crippen LogP contribution in [0.15, 0.2) is 16.7 Å². The first-order valence-electron chi connectivity index (χ1n) is 5.71. The first-order valence-corrected chi connectivity index (χ1v) is 6.88. The van der Waals surface area contributed by atoms with E-state index < -0.39 is 0 Å². The van der Waals surface area contributed by atoms with Crippen LogP contribution in [0.4, 0.5) is 0 Å². The average Bonchev–Trinajstić information content (AvgIpc) is 2.89. The van der Waals surface area contributed by atoms with Crippen LogP contribution in [0.2, 0.25) is 5.15 Å². The number of ether oxygens (including phenoxy) is 1. The fourth-order valence-electron chi connectivity index (χ4n) is 2.05. The lowest BCUT2D eigenvalue weighted by Gasteiger charge is -2.16. The van der Waals surface area contributed by atoms with Crippen LogP contribution in [0.3, 0.4) is 0 Å². The minimum Gasteiger partial charge on any atom is -0.469 e. The maximum Gasteiger partial charge on any atom is 0.310 e. The van der Waals surface area contributed by atoms with Crippen LogP contribution >= 0.6 is 27.5 Å². The van der Waals surface area contributed by atoms with Gasteiger partial charge in [-0.2, -0.15) is 0 Å². The van der Waals surface area contributed by atoms with Gasteiger partial charge in [-0.05, 0) is 28.4 Å². The SMILES string of the molecule is COC(=O)C1CCN(C(=O)c2cc(Br)cnc2Cl)C1. The summed E-state index contributed by atoms with van der Waals surface area (Å²) in [4.78, 5) is 29.3. The summed E-state index contributed by atoms with van der Waals surface area (Å²) in [6.45, 7) is 0.871. The Labute approximate surface area is 124 Å². The van der Waals surface area contributed by atoms with Crippen LogP contribution < -0.4 is 0 Å². The van der Waals surface area contributed by atoms with Crippen molar-refractivity contribution in [2.24, 2.45) is 5.92 Å². The number of nitrogens with zero attached hydrogens (tertiary/aromatic N) is 2. The quantitative estimate of drug-likeness (QED) is 0.607. The monoisotopic (exact) mass is 346 g/mol. The maximum absolute atomic E-state index is 12.3. The molecule has 1 aromatic rings. The molecular weight excluding hydrogens is 336 g/mol. The number of aromatic nitrogens is 1. The molecule has 1 saturated heterocycles. The number of likely N-dealkylation sites (tertiary alicyclic amines) is 1. The highest BCUT2D eigenvalue weighted by atomic mass is 79.9. The third-order valence-corrected chi connectivity index (χ3v) is 3.78. The van der Waals surface area contributed by atoms with E-state index in [0.717, 1.165) is 0 Å². The topological polar surface area (TPSA) is 59.5 Å². The van der Waals surface area contributed by atoms with Crippen LogP contribution in [-0.2, 0) is 9.53 Å². The summed E-state index contributed by atoms with van der Waals surface area (Å²) in [5, 5.41) is 0.162. The van der Waals surface area contributed by atoms with E-state index in [9.17, 15) is 9.59 Å². The molecule has 0 radical (unpaired) electrons. The number of halogens is 2. The number of hydrogen-bond acceptors (Lipinski definition) is 4. The molecule has 0 saturated carbocycles. The molecule has 19 heavy (non-hydrogen) atoms. The smallest absolute Gasteiger partial charge is 0.310 e. The van der Waals surface area contributed by atoms with Crippen molar-refractivity contribution >= 4 is 39.4 Å². The molecule has 1 atom stereocenters. The van der Waals surface area contributed by atoms with Crippen molar-refractivity contribution in [3.63, 3.8) is 0 Å². The minimum atomic E-state index is -0.284. The van der Waals surface area contributed by atoms with Crippen molar-refractivity contribution in [2.45, 2.75) is 6.42 Å². The van der Waals surface area contributed by atoms with Gasteiger partial charge in [-0.3, -0.25) is 9.59 Å². The Balaban J connectivity index is 2.13. The summed E-state index contributed by atoms with van der Waals surface area (Å²) >= 11 is 9.18. The predicted octanol–water partition coefficient (Wildman–Crippen LogP) is 2.13. The Hall–Kier alpha value is -1.14. The van der Waals surface area contributed by atoms with Crippen molar-refractivity contribution in [2.75, 3.05) is 20.2 Å². The third kappa shape index (κ3) is 3.06. The van der Waals surface area contributed by atoms with Crippen molar-refractivity contribution in [3.05, 3.63) is 27.5 Å². The Morgan fingerprint density at radius 3 is 3.00 bits per heavy atom. The fourth-order valence-corrected chi connectivity index (χ4v) is 2.56. The molecule has 0 spiro atoms. The summed E-state index contributed by atoms with van der Waals surface area (Å²) in [7, 11) is 1.35. The zero-order valence-corrected chi connectivity index (χ0v) is 12.6. The van der Waals surface area contributed by atoms with E-state index in [1.54, 1.807) is 11.0 Å². The molecule has 102 valence electrons. The van der Waals surface area contributed by atoms with E-state index in [0.29, 0.717) is 29.5 Å². The van der Waals surface area contributed by atoms with Gasteiger partial charge in [0.15, 0.2) is 0 Å². The molecule has 1 unspecified atom stereocenters. The van der Waals surface area contributed by atoms with Gasteiger partial charge in [0, 0.05) is 23.8 Å². The van der Waals surface area contributed by atoms with Crippen molar-refractivity contribution < 1.29 is 14.3 Å². The van der Waals surface area contributed by atoms with Crippen molar-refractivity contribution in [1.29, 1.82) is 0 Å². The highest BCUT2D eigenvalue weighted by molar-refractivity contribution is 9.10. The van der Waals surface area contributed by atoms with Gasteiger partial charge in [0.2, 0.25) is 0 Å². The second-order valence-corrected chi connectivity index (χ2v) is 5.53. The normalized spacial score (nSPS) is 18.5. The number of pyridine rings is 1. The lowest BCUT2D eigenvalue weighted by atomic mass is 10.1. The van der Waals surface area contributed by atoms with E-state index in [4.69, 9.17) is 11.6 Å². The third-order valence-electron chi connectivity index (χ3n) is 3.05. The van der Waals surface area contributed by atoms with Gasteiger partial charge in [-0.25, -0.2) is 4.98 Å². The molecule has 1 aliphatic heterocycles. The predicted molar refractivity (Wildman–Crippen MR) is 73.0 cm³/mol. The van der Waals surface area contributed by atoms with E-state index in [-0.39, 0.29) is 22.9 Å². The van der Waals surface area contributed by atoms with Crippen LogP contribution in [-0.4, -0.2) is 42.0 Å². The maximum atomic E-state index is 12.3. The highest BCUT2D eigenvalue weighted by Crippen LogP contribution is 2.24. The zero-order valence-electron chi connectivity index (χ0n) is 10.2. The van der Waals surface area contributed by atoms with Gasteiger partial charge in [-0.1, -0.05) is 11.6 Å². The summed E-state index contributed by atoms with van der Waals surface area (Å²) in [6.07, 6.45) is 2.14. The Morgan fingerprint density at radius 1 is 1.58 bits per heavy atom. The molecule has 0 aromatic carbocycles. The number of carbonyl (C=O) groups excluding carboxylic acids is 2. The van der Waals surface area contributed by atoms with Crippen molar-refractivity contribution in [3.8, 4) is 0 Å². The number of hydrogen-bond donors (Lipinski definition) is 0. The molecule has 0 N–H and O–H groups in total. The first kappa shape index (κ1) is 14.3. The molecular formula is C12H12BrClN2O3. The molecule has 1 fully saturated rings. The standard InChI is InChI=1S/C12H12BrClN2O3/c1-19-12(18)7-2-3-16(6-7)11(17)9-4-8(13)5-15-10(9)14/h4-5,7H,2-3,6H2,1H3. The molecule has 5 nitrogen and oxygen atoms in total. The van der Waals surface area contributed by atoms with Gasteiger partial charge < -0.3 is 9.64 Å². The van der Waals surface area contributed by atoms with Gasteiger partial charge in [0.1, 0.15) is 5.15 Å². The van der Waals surface area contributed by atoms with Gasteiger partial charge in [0.25, 0.3) is 5.91 Å². The molecule has 2 heterocycles. The molecule has 0 bridgehead atoms. The first-order chi connectivity index (χ1) is 9.02. The Bertz CT molecular complexity index is 524. The summed E-state index contributed by atoms with van der Waals surface area (Å²) in [5.74, 6) is -0.758. The fraction of sp³-hybridized carbons (Fsp3) is 0.417. The number of amides is 1. The number of rotatable bonds is 2. The highest BCUT2D eigenvalue weighted by Gasteiger charge is 2.32. The Kier molecular flexibility index (Phi) is 4.42. The van der Waals surface area contributed by atoms with E-state index in [1.165, 1.54) is 13.3 Å². The average molecular weight is 348 g/mol. The molecule has 7 heteroatoms. The van der Waals surface area contributed by atoms with E-state index in [1.807, 2.05) is 0 Å². The van der Waals surface area contributed by atoms with Gasteiger partial charge in [0.05, 0.1) is 18.6 Å². The number of esters is 1. The molecule has 2 rings (SSSR count). The summed E-state index contributed by atoms with van der Waals surface area (Å²) < 4.78 is 5.37. The van der Waals surface area contributed by atoms with Gasteiger partial charge in [-0.15, -0.1) is 0 Å². The van der Waals surface area contributed by atoms with Crippen LogP contribution in [0, 0.1) is 5.92 Å². The second-order valence-electron chi connectivity index (χ2n) is 4.25. The zero-order chi connectivity index (χ0) is 14.0. The van der Waals surface area contributed by atoms with Crippen LogP contribution in [0.1, 0.15) is 16.8 Å². The van der Waals surface area contributed by atoms with Crippen molar-refractivity contribution in [1.82, 2.24) is 9.88 Å². The lowest BCUT2D eigenvalue weighted by Crippen LogP contribution is -2.30. The minimum absolute atomic E-state index is 0.162. The number of carbonyl (C=O) groups is 2. The largest absolute Gasteiger partial charge is 0.469 e. The molecule has 1 aromatic heterocycles. The van der Waals surface area contributed by atoms with Crippen LogP contribution in [0.5, 0.6) is 0 Å². The second kappa shape index (κ2) is 5.88. The van der Waals surface area contributed by atoms with E-state index >= 15 is 0 Å². The lowest BCUT2D eigenvalue weighted by molar-refractivity contribution is -0.144. The molecule has 1 amide bonds. The molecule has 1 aliphatic rings. The Morgan fingerprint density at radius 2 is 2.32 bits per heavy atom. The summed E-state index contributed by atoms with van der Waals surface area (Å²) in [6, 6.07) is 1.63.